The first kappa shape index (κ1) is 14.0. The molecule has 0 amide bonds. The summed E-state index contributed by atoms with van der Waals surface area (Å²) in [5.74, 6) is 0. The molecule has 0 spiro atoms. The average Bonchev–Trinajstić information content (AvgIpc) is 2.76. The number of aromatic nitrogens is 1. The van der Waals surface area contributed by atoms with Crippen LogP contribution in [0.2, 0.25) is 0 Å². The number of thiazole rings is 1. The Morgan fingerprint density at radius 2 is 2.06 bits per heavy atom. The van der Waals surface area contributed by atoms with Gasteiger partial charge in [-0.05, 0) is 18.6 Å². The Morgan fingerprint density at radius 3 is 2.83 bits per heavy atom. The highest BCUT2D eigenvalue weighted by molar-refractivity contribution is 9.09. The van der Waals surface area contributed by atoms with Gasteiger partial charge < -0.3 is 0 Å². The van der Waals surface area contributed by atoms with Crippen molar-refractivity contribution in [2.75, 3.05) is 0 Å². The fraction of sp³-hybridized carbons (Fsp3) is 0.533. The summed E-state index contributed by atoms with van der Waals surface area (Å²) in [5.41, 5.74) is 1.14. The summed E-state index contributed by atoms with van der Waals surface area (Å²) in [6.07, 6.45) is 7.68. The third kappa shape index (κ3) is 4.06. The van der Waals surface area contributed by atoms with Crippen LogP contribution in [0.5, 0.6) is 0 Å². The smallest absolute Gasteiger partial charge is 0.0949 e. The molecule has 1 nitrogen and oxygen atoms in total. The van der Waals surface area contributed by atoms with Gasteiger partial charge in [-0.15, -0.1) is 11.3 Å². The lowest BCUT2D eigenvalue weighted by Gasteiger charge is -2.06. The van der Waals surface area contributed by atoms with Crippen LogP contribution in [0.15, 0.2) is 24.3 Å². The van der Waals surface area contributed by atoms with Crippen molar-refractivity contribution in [1.29, 1.82) is 0 Å². The number of halogens is 1. The van der Waals surface area contributed by atoms with E-state index in [9.17, 15) is 0 Å². The third-order valence-electron chi connectivity index (χ3n) is 3.11. The summed E-state index contributed by atoms with van der Waals surface area (Å²) in [6, 6.07) is 8.39. The number of fused-ring (bicyclic) bond motifs is 1. The molecule has 2 aromatic rings. The van der Waals surface area contributed by atoms with Crippen molar-refractivity contribution in [3.8, 4) is 0 Å². The van der Waals surface area contributed by atoms with Crippen LogP contribution in [0.4, 0.5) is 0 Å². The number of alkyl halides is 1. The number of hydrogen-bond acceptors (Lipinski definition) is 2. The van der Waals surface area contributed by atoms with E-state index in [1.807, 2.05) is 11.3 Å². The molecular weight excluding hydrogens is 306 g/mol. The minimum atomic E-state index is 0.579. The molecule has 1 aromatic carbocycles. The first-order valence-corrected chi connectivity index (χ1v) is 8.51. The fourth-order valence-electron chi connectivity index (χ4n) is 2.09. The number of nitrogens with zero attached hydrogens (tertiary/aromatic N) is 1. The van der Waals surface area contributed by atoms with Gasteiger partial charge in [-0.25, -0.2) is 4.98 Å². The van der Waals surface area contributed by atoms with Crippen LogP contribution >= 0.6 is 27.3 Å². The highest BCUT2D eigenvalue weighted by atomic mass is 79.9. The monoisotopic (exact) mass is 325 g/mol. The van der Waals surface area contributed by atoms with Crippen molar-refractivity contribution in [2.45, 2.75) is 50.3 Å². The van der Waals surface area contributed by atoms with Gasteiger partial charge in [-0.2, -0.15) is 0 Å². The van der Waals surface area contributed by atoms with Crippen LogP contribution in [-0.4, -0.2) is 9.81 Å². The van der Waals surface area contributed by atoms with Crippen LogP contribution in [0, 0.1) is 0 Å². The summed E-state index contributed by atoms with van der Waals surface area (Å²) in [4.78, 5) is 5.26. The quantitative estimate of drug-likeness (QED) is 0.478. The standard InChI is InChI=1S/C15H20BrNS/c1-2-3-4-5-8-12(16)11-15-17-13-9-6-7-10-14(13)18-15/h6-7,9-10,12H,2-5,8,11H2,1H3. The molecule has 18 heavy (non-hydrogen) atoms. The summed E-state index contributed by atoms with van der Waals surface area (Å²) in [7, 11) is 0. The van der Waals surface area contributed by atoms with Crippen molar-refractivity contribution >= 4 is 37.5 Å². The summed E-state index contributed by atoms with van der Waals surface area (Å²) in [5, 5.41) is 1.26. The maximum Gasteiger partial charge on any atom is 0.0949 e. The van der Waals surface area contributed by atoms with E-state index in [1.54, 1.807) is 0 Å². The highest BCUT2D eigenvalue weighted by Gasteiger charge is 2.09. The predicted molar refractivity (Wildman–Crippen MR) is 84.8 cm³/mol. The molecule has 3 heteroatoms. The zero-order chi connectivity index (χ0) is 12.8. The lowest BCUT2D eigenvalue weighted by Crippen LogP contribution is -2.02. The molecule has 0 saturated heterocycles. The van der Waals surface area contributed by atoms with Crippen molar-refractivity contribution in [3.63, 3.8) is 0 Å². The van der Waals surface area contributed by atoms with E-state index in [-0.39, 0.29) is 0 Å². The zero-order valence-corrected chi connectivity index (χ0v) is 13.3. The predicted octanol–water partition coefficient (Wildman–Crippen LogP) is 5.57. The maximum absolute atomic E-state index is 4.69. The normalized spacial score (nSPS) is 13.0. The van der Waals surface area contributed by atoms with E-state index in [0.717, 1.165) is 11.9 Å². The summed E-state index contributed by atoms with van der Waals surface area (Å²) >= 11 is 5.62. The Bertz CT molecular complexity index is 447. The number of para-hydroxylation sites is 1. The molecular formula is C15H20BrNS. The Morgan fingerprint density at radius 1 is 1.22 bits per heavy atom. The van der Waals surface area contributed by atoms with E-state index in [1.165, 1.54) is 41.8 Å². The average molecular weight is 326 g/mol. The van der Waals surface area contributed by atoms with Gasteiger partial charge in [0.2, 0.25) is 0 Å². The lowest BCUT2D eigenvalue weighted by atomic mass is 10.1. The van der Waals surface area contributed by atoms with E-state index in [2.05, 4.69) is 52.1 Å². The molecule has 0 radical (unpaired) electrons. The van der Waals surface area contributed by atoms with Gasteiger partial charge in [0, 0.05) is 11.2 Å². The van der Waals surface area contributed by atoms with Gasteiger partial charge in [0.25, 0.3) is 0 Å². The van der Waals surface area contributed by atoms with Crippen molar-refractivity contribution < 1.29 is 0 Å². The van der Waals surface area contributed by atoms with Crippen LogP contribution in [0.25, 0.3) is 10.2 Å². The van der Waals surface area contributed by atoms with E-state index >= 15 is 0 Å². The molecule has 1 aromatic heterocycles. The molecule has 98 valence electrons. The SMILES string of the molecule is CCCCCCC(Br)Cc1nc2ccccc2s1. The molecule has 1 heterocycles. The van der Waals surface area contributed by atoms with E-state index in [4.69, 9.17) is 0 Å². The molecule has 0 N–H and O–H groups in total. The van der Waals surface area contributed by atoms with Gasteiger partial charge in [0.05, 0.1) is 15.2 Å². The number of benzene rings is 1. The van der Waals surface area contributed by atoms with Crippen LogP contribution < -0.4 is 0 Å². The number of rotatable bonds is 7. The van der Waals surface area contributed by atoms with Crippen molar-refractivity contribution in [2.24, 2.45) is 0 Å². The topological polar surface area (TPSA) is 12.9 Å². The second kappa shape index (κ2) is 7.25. The van der Waals surface area contributed by atoms with Gasteiger partial charge in [0.1, 0.15) is 0 Å². The molecule has 0 aliphatic carbocycles. The van der Waals surface area contributed by atoms with Gasteiger partial charge in [-0.1, -0.05) is 60.7 Å². The van der Waals surface area contributed by atoms with Gasteiger partial charge in [0.15, 0.2) is 0 Å². The Hall–Kier alpha value is -0.410. The van der Waals surface area contributed by atoms with Crippen LogP contribution in [0.1, 0.15) is 44.0 Å². The lowest BCUT2D eigenvalue weighted by molar-refractivity contribution is 0.619. The third-order valence-corrected chi connectivity index (χ3v) is 4.95. The van der Waals surface area contributed by atoms with Crippen molar-refractivity contribution in [3.05, 3.63) is 29.3 Å². The summed E-state index contributed by atoms with van der Waals surface area (Å²) in [6.45, 7) is 2.26. The van der Waals surface area contributed by atoms with Crippen LogP contribution in [0.3, 0.4) is 0 Å². The van der Waals surface area contributed by atoms with Gasteiger partial charge in [-0.3, -0.25) is 0 Å². The largest absolute Gasteiger partial charge is 0.241 e. The maximum atomic E-state index is 4.69. The molecule has 1 atom stereocenters. The van der Waals surface area contributed by atoms with Gasteiger partial charge >= 0.3 is 0 Å². The Balaban J connectivity index is 1.84. The molecule has 2 rings (SSSR count). The Labute approximate surface area is 122 Å². The molecule has 0 bridgehead atoms. The van der Waals surface area contributed by atoms with Crippen molar-refractivity contribution in [1.82, 2.24) is 4.98 Å². The molecule has 0 aliphatic rings. The number of hydrogen-bond donors (Lipinski definition) is 0. The second-order valence-corrected chi connectivity index (χ2v) is 7.14. The molecule has 0 saturated carbocycles. The zero-order valence-electron chi connectivity index (χ0n) is 10.9. The second-order valence-electron chi connectivity index (χ2n) is 4.73. The summed E-state index contributed by atoms with van der Waals surface area (Å²) < 4.78 is 1.30. The molecule has 0 aliphatic heterocycles. The van der Waals surface area contributed by atoms with E-state index in [0.29, 0.717) is 4.83 Å². The molecule has 0 fully saturated rings. The Kier molecular flexibility index (Phi) is 5.64. The number of unbranched alkanes of at least 4 members (excludes halogenated alkanes) is 3. The first-order chi connectivity index (χ1) is 8.79. The van der Waals surface area contributed by atoms with Crippen LogP contribution in [-0.2, 0) is 6.42 Å². The minimum Gasteiger partial charge on any atom is -0.241 e. The van der Waals surface area contributed by atoms with E-state index < -0.39 is 0 Å². The minimum absolute atomic E-state index is 0.579. The molecule has 1 unspecified atom stereocenters. The fourth-order valence-corrected chi connectivity index (χ4v) is 3.98. The highest BCUT2D eigenvalue weighted by Crippen LogP contribution is 2.25. The first-order valence-electron chi connectivity index (χ1n) is 6.78.